The number of nitrogens with one attached hydrogen (secondary N) is 1. The quantitative estimate of drug-likeness (QED) is 0.818. The van der Waals surface area contributed by atoms with Crippen LogP contribution in [-0.4, -0.2) is 18.5 Å². The van der Waals surface area contributed by atoms with Gasteiger partial charge in [0, 0.05) is 11.0 Å². The first kappa shape index (κ1) is 16.7. The molecule has 0 saturated heterocycles. The van der Waals surface area contributed by atoms with Crippen LogP contribution in [0.5, 0.6) is 0 Å². The van der Waals surface area contributed by atoms with Gasteiger partial charge in [-0.2, -0.15) is 5.26 Å². The minimum absolute atomic E-state index is 0.295. The molecule has 0 radical (unpaired) electrons. The number of rotatable bonds is 5. The first-order chi connectivity index (χ1) is 11.1. The molecule has 0 aliphatic carbocycles. The van der Waals surface area contributed by atoms with Crippen LogP contribution in [0.1, 0.15) is 21.5 Å². The van der Waals surface area contributed by atoms with Gasteiger partial charge in [-0.25, -0.2) is 4.79 Å². The SMILES string of the molecule is N#Cc1ccc(C(=O)OCC(=O)NCc2cccc(Br)c2)cc1. The van der Waals surface area contributed by atoms with Crippen LogP contribution < -0.4 is 5.32 Å². The molecule has 23 heavy (non-hydrogen) atoms. The van der Waals surface area contributed by atoms with Crippen LogP contribution in [0, 0.1) is 11.3 Å². The van der Waals surface area contributed by atoms with Gasteiger partial charge in [0.2, 0.25) is 0 Å². The molecule has 0 heterocycles. The second kappa shape index (κ2) is 8.11. The molecule has 5 nitrogen and oxygen atoms in total. The molecule has 116 valence electrons. The number of hydrogen-bond donors (Lipinski definition) is 1. The molecule has 1 amide bonds. The van der Waals surface area contributed by atoms with Gasteiger partial charge in [-0.15, -0.1) is 0 Å². The second-order valence-corrected chi connectivity index (χ2v) is 5.59. The van der Waals surface area contributed by atoms with Gasteiger partial charge in [0.15, 0.2) is 6.61 Å². The van der Waals surface area contributed by atoms with Crippen LogP contribution in [0.3, 0.4) is 0 Å². The Kier molecular flexibility index (Phi) is 5.89. The topological polar surface area (TPSA) is 79.2 Å². The molecule has 0 aromatic heterocycles. The Morgan fingerprint density at radius 1 is 1.17 bits per heavy atom. The molecule has 2 aromatic rings. The maximum Gasteiger partial charge on any atom is 0.338 e. The molecule has 0 unspecified atom stereocenters. The number of esters is 1. The molecule has 0 bridgehead atoms. The molecule has 0 saturated carbocycles. The number of nitriles is 1. The van der Waals surface area contributed by atoms with Crippen molar-refractivity contribution in [1.29, 1.82) is 5.26 Å². The molecule has 2 aromatic carbocycles. The molecule has 6 heteroatoms. The fourth-order valence-electron chi connectivity index (χ4n) is 1.79. The predicted molar refractivity (Wildman–Crippen MR) is 87.4 cm³/mol. The maximum atomic E-state index is 11.8. The van der Waals surface area contributed by atoms with Gasteiger partial charge in [0.25, 0.3) is 5.91 Å². The molecule has 0 aliphatic rings. The maximum absolute atomic E-state index is 11.8. The van der Waals surface area contributed by atoms with Gasteiger partial charge < -0.3 is 10.1 Å². The predicted octanol–water partition coefficient (Wildman–Crippen LogP) is 2.79. The Balaban J connectivity index is 1.79. The van der Waals surface area contributed by atoms with Crippen molar-refractivity contribution in [1.82, 2.24) is 5.32 Å². The van der Waals surface area contributed by atoms with Crippen LogP contribution in [0.15, 0.2) is 53.0 Å². The number of halogens is 1. The summed E-state index contributed by atoms with van der Waals surface area (Å²) in [4.78, 5) is 23.5. The highest BCUT2D eigenvalue weighted by atomic mass is 79.9. The Morgan fingerprint density at radius 2 is 1.91 bits per heavy atom. The highest BCUT2D eigenvalue weighted by Crippen LogP contribution is 2.11. The monoisotopic (exact) mass is 372 g/mol. The number of carbonyl (C=O) groups is 2. The summed E-state index contributed by atoms with van der Waals surface area (Å²) in [5.74, 6) is -0.987. The van der Waals surface area contributed by atoms with E-state index in [-0.39, 0.29) is 12.5 Å². The highest BCUT2D eigenvalue weighted by Gasteiger charge is 2.10. The Bertz CT molecular complexity index is 751. The lowest BCUT2D eigenvalue weighted by Crippen LogP contribution is -2.28. The van der Waals surface area contributed by atoms with Gasteiger partial charge in [0.1, 0.15) is 0 Å². The summed E-state index contributed by atoms with van der Waals surface area (Å²) in [5.41, 5.74) is 1.68. The number of nitrogens with zero attached hydrogens (tertiary/aromatic N) is 1. The van der Waals surface area contributed by atoms with Crippen molar-refractivity contribution in [3.8, 4) is 6.07 Å². The van der Waals surface area contributed by atoms with E-state index in [9.17, 15) is 9.59 Å². The highest BCUT2D eigenvalue weighted by molar-refractivity contribution is 9.10. The third-order valence-electron chi connectivity index (χ3n) is 2.96. The fraction of sp³-hybridized carbons (Fsp3) is 0.118. The van der Waals surface area contributed by atoms with Crippen molar-refractivity contribution >= 4 is 27.8 Å². The van der Waals surface area contributed by atoms with Crippen molar-refractivity contribution in [3.05, 3.63) is 69.7 Å². The zero-order valence-electron chi connectivity index (χ0n) is 12.1. The molecule has 1 N–H and O–H groups in total. The number of hydrogen-bond acceptors (Lipinski definition) is 4. The number of benzene rings is 2. The Morgan fingerprint density at radius 3 is 2.57 bits per heavy atom. The van der Waals surface area contributed by atoms with Crippen LogP contribution in [-0.2, 0) is 16.1 Å². The summed E-state index contributed by atoms with van der Waals surface area (Å²) in [7, 11) is 0. The molecule has 0 atom stereocenters. The smallest absolute Gasteiger partial charge is 0.338 e. The van der Waals surface area contributed by atoms with Gasteiger partial charge in [0.05, 0.1) is 17.2 Å². The van der Waals surface area contributed by atoms with Crippen LogP contribution in [0.2, 0.25) is 0 Å². The van der Waals surface area contributed by atoms with Crippen molar-refractivity contribution in [2.75, 3.05) is 6.61 Å². The summed E-state index contributed by atoms with van der Waals surface area (Å²) in [6.45, 7) is -0.000468. The zero-order chi connectivity index (χ0) is 16.7. The van der Waals surface area contributed by atoms with E-state index >= 15 is 0 Å². The average molecular weight is 373 g/mol. The molecular formula is C17H13BrN2O3. The Hall–Kier alpha value is -2.65. The lowest BCUT2D eigenvalue weighted by molar-refractivity contribution is -0.124. The van der Waals surface area contributed by atoms with Crippen molar-refractivity contribution < 1.29 is 14.3 Å². The van der Waals surface area contributed by atoms with Gasteiger partial charge in [-0.05, 0) is 42.0 Å². The second-order valence-electron chi connectivity index (χ2n) is 4.67. The number of carbonyl (C=O) groups excluding carboxylic acids is 2. The minimum atomic E-state index is -0.605. The van der Waals surface area contributed by atoms with E-state index in [1.807, 2.05) is 30.3 Å². The standard InChI is InChI=1S/C17H13BrN2O3/c18-15-3-1-2-13(8-15)10-20-16(21)11-23-17(22)14-6-4-12(9-19)5-7-14/h1-8H,10-11H2,(H,20,21). The van der Waals surface area contributed by atoms with Gasteiger partial charge in [-0.3, -0.25) is 4.79 Å². The third-order valence-corrected chi connectivity index (χ3v) is 3.46. The van der Waals surface area contributed by atoms with Gasteiger partial charge in [-0.1, -0.05) is 28.1 Å². The van der Waals surface area contributed by atoms with Crippen LogP contribution in [0.4, 0.5) is 0 Å². The van der Waals surface area contributed by atoms with E-state index in [1.54, 1.807) is 0 Å². The first-order valence-electron chi connectivity index (χ1n) is 6.77. The van der Waals surface area contributed by atoms with Crippen molar-refractivity contribution in [2.45, 2.75) is 6.54 Å². The lowest BCUT2D eigenvalue weighted by Gasteiger charge is -2.07. The number of amides is 1. The molecule has 0 aliphatic heterocycles. The summed E-state index contributed by atoms with van der Waals surface area (Å²) in [5, 5.41) is 11.4. The van der Waals surface area contributed by atoms with Crippen LogP contribution >= 0.6 is 15.9 Å². The van der Waals surface area contributed by atoms with E-state index in [2.05, 4.69) is 21.2 Å². The zero-order valence-corrected chi connectivity index (χ0v) is 13.7. The largest absolute Gasteiger partial charge is 0.452 e. The van der Waals surface area contributed by atoms with Crippen molar-refractivity contribution in [3.63, 3.8) is 0 Å². The summed E-state index contributed by atoms with van der Waals surface area (Å²) in [6, 6.07) is 15.5. The normalized spacial score (nSPS) is 9.74. The third kappa shape index (κ3) is 5.24. The summed E-state index contributed by atoms with van der Waals surface area (Å²) >= 11 is 3.35. The summed E-state index contributed by atoms with van der Waals surface area (Å²) < 4.78 is 5.86. The van der Waals surface area contributed by atoms with Gasteiger partial charge >= 0.3 is 5.97 Å². The van der Waals surface area contributed by atoms with E-state index in [1.165, 1.54) is 24.3 Å². The first-order valence-corrected chi connectivity index (χ1v) is 7.56. The van der Waals surface area contributed by atoms with E-state index in [0.29, 0.717) is 17.7 Å². The molecule has 2 rings (SSSR count). The fourth-order valence-corrected chi connectivity index (χ4v) is 2.24. The van der Waals surface area contributed by atoms with Crippen LogP contribution in [0.25, 0.3) is 0 Å². The lowest BCUT2D eigenvalue weighted by atomic mass is 10.1. The molecular weight excluding hydrogens is 360 g/mol. The average Bonchev–Trinajstić information content (AvgIpc) is 2.58. The molecule has 0 spiro atoms. The number of ether oxygens (including phenoxy) is 1. The molecule has 0 fully saturated rings. The van der Waals surface area contributed by atoms with E-state index in [4.69, 9.17) is 10.00 Å². The van der Waals surface area contributed by atoms with E-state index in [0.717, 1.165) is 10.0 Å². The minimum Gasteiger partial charge on any atom is -0.452 e. The van der Waals surface area contributed by atoms with E-state index < -0.39 is 5.97 Å². The van der Waals surface area contributed by atoms with Crippen molar-refractivity contribution in [2.24, 2.45) is 0 Å². The summed E-state index contributed by atoms with van der Waals surface area (Å²) in [6.07, 6.45) is 0. The Labute approximate surface area is 142 Å².